The minimum atomic E-state index is -4.95. The highest BCUT2D eigenvalue weighted by Crippen LogP contribution is 2.50. The SMILES string of the molecule is CCOC(=O)/C(C)=N/Nc1cc(C2=NOC(c3cc(Cl)c(F)c(Cl)c3)(C(F)(F)F)C2)ccc1Cl. The number of halogens is 7. The summed E-state index contributed by atoms with van der Waals surface area (Å²) >= 11 is 17.6. The summed E-state index contributed by atoms with van der Waals surface area (Å²) in [6.45, 7) is 3.21. The van der Waals surface area contributed by atoms with Crippen molar-refractivity contribution in [1.29, 1.82) is 0 Å². The summed E-state index contributed by atoms with van der Waals surface area (Å²) in [5.41, 5.74) is -0.487. The molecule has 1 N–H and O–H groups in total. The summed E-state index contributed by atoms with van der Waals surface area (Å²) in [4.78, 5) is 16.6. The van der Waals surface area contributed by atoms with Crippen molar-refractivity contribution in [3.05, 3.63) is 62.3 Å². The number of hydrazone groups is 1. The second-order valence-corrected chi connectivity index (χ2v) is 8.33. The molecule has 182 valence electrons. The molecule has 6 nitrogen and oxygen atoms in total. The Kier molecular flexibility index (Phi) is 7.64. The molecule has 0 radical (unpaired) electrons. The van der Waals surface area contributed by atoms with Crippen molar-refractivity contribution in [1.82, 2.24) is 0 Å². The number of esters is 1. The van der Waals surface area contributed by atoms with Gasteiger partial charge >= 0.3 is 12.1 Å². The highest BCUT2D eigenvalue weighted by atomic mass is 35.5. The zero-order chi connectivity index (χ0) is 25.3. The topological polar surface area (TPSA) is 72.3 Å². The molecule has 0 bridgehead atoms. The zero-order valence-corrected chi connectivity index (χ0v) is 19.8. The van der Waals surface area contributed by atoms with E-state index in [0.717, 1.165) is 12.1 Å². The summed E-state index contributed by atoms with van der Waals surface area (Å²) in [6.07, 6.45) is -5.70. The maximum atomic E-state index is 14.2. The van der Waals surface area contributed by atoms with Crippen molar-refractivity contribution in [3.63, 3.8) is 0 Å². The summed E-state index contributed by atoms with van der Waals surface area (Å²) in [5, 5.41) is 6.52. The highest BCUT2D eigenvalue weighted by Gasteiger charge is 2.62. The fourth-order valence-electron chi connectivity index (χ4n) is 3.06. The van der Waals surface area contributed by atoms with E-state index in [4.69, 9.17) is 44.4 Å². The Morgan fingerprint density at radius 2 is 1.85 bits per heavy atom. The van der Waals surface area contributed by atoms with Crippen LogP contribution >= 0.6 is 34.8 Å². The summed E-state index contributed by atoms with van der Waals surface area (Å²) in [5.74, 6) is -1.70. The van der Waals surface area contributed by atoms with Crippen molar-refractivity contribution >= 4 is 57.9 Å². The lowest BCUT2D eigenvalue weighted by molar-refractivity contribution is -0.275. The number of rotatable bonds is 6. The molecule has 0 aromatic heterocycles. The first-order chi connectivity index (χ1) is 15.9. The van der Waals surface area contributed by atoms with Crippen LogP contribution < -0.4 is 5.43 Å². The van der Waals surface area contributed by atoms with Crippen molar-refractivity contribution in [3.8, 4) is 0 Å². The molecule has 0 aliphatic carbocycles. The van der Waals surface area contributed by atoms with Crippen LogP contribution in [0.25, 0.3) is 0 Å². The summed E-state index contributed by atoms with van der Waals surface area (Å²) in [6, 6.07) is 5.85. The molecule has 1 aliphatic heterocycles. The van der Waals surface area contributed by atoms with Gasteiger partial charge < -0.3 is 9.57 Å². The Morgan fingerprint density at radius 1 is 1.21 bits per heavy atom. The molecule has 1 unspecified atom stereocenters. The largest absolute Gasteiger partial charge is 0.461 e. The molecule has 0 saturated heterocycles. The molecule has 34 heavy (non-hydrogen) atoms. The van der Waals surface area contributed by atoms with Crippen LogP contribution in [-0.2, 0) is 20.0 Å². The third kappa shape index (κ3) is 5.08. The number of carbonyl (C=O) groups excluding carboxylic acids is 1. The number of anilines is 1. The van der Waals surface area contributed by atoms with Gasteiger partial charge in [0.2, 0.25) is 0 Å². The van der Waals surface area contributed by atoms with E-state index in [0.29, 0.717) is 0 Å². The molecule has 1 aliphatic rings. The Labute approximate surface area is 206 Å². The number of benzene rings is 2. The minimum absolute atomic E-state index is 0.00557. The summed E-state index contributed by atoms with van der Waals surface area (Å²) < 4.78 is 61.1. The standard InChI is InChI=1S/C21H16Cl3F4N3O3/c1-3-33-19(32)10(2)29-30-16-6-11(4-5-13(16)22)17-9-20(34-31-17,21(26,27)28)12-7-14(23)18(25)15(24)8-12/h4-8,30H,3,9H2,1-2H3/b29-10+. The first kappa shape index (κ1) is 26.1. The molecule has 2 aromatic carbocycles. The molecular formula is C21H16Cl3F4N3O3. The Hall–Kier alpha value is -2.56. The lowest BCUT2D eigenvalue weighted by Gasteiger charge is -2.29. The number of hydrogen-bond donors (Lipinski definition) is 1. The number of nitrogens with one attached hydrogen (secondary N) is 1. The third-order valence-corrected chi connectivity index (χ3v) is 5.73. The van der Waals surface area contributed by atoms with Gasteiger partial charge in [0.15, 0.2) is 5.82 Å². The molecule has 13 heteroatoms. The molecule has 0 saturated carbocycles. The van der Waals surface area contributed by atoms with Gasteiger partial charge in [-0.1, -0.05) is 46.0 Å². The number of alkyl halides is 3. The minimum Gasteiger partial charge on any atom is -0.461 e. The van der Waals surface area contributed by atoms with E-state index < -0.39 is 45.6 Å². The van der Waals surface area contributed by atoms with E-state index in [9.17, 15) is 22.4 Å². The van der Waals surface area contributed by atoms with Crippen LogP contribution in [0.4, 0.5) is 23.2 Å². The molecule has 0 fully saturated rings. The second-order valence-electron chi connectivity index (χ2n) is 7.11. The maximum Gasteiger partial charge on any atom is 0.435 e. The lowest BCUT2D eigenvalue weighted by Crippen LogP contribution is -2.42. The molecule has 1 heterocycles. The normalized spacial score (nSPS) is 18.4. The smallest absolute Gasteiger partial charge is 0.435 e. The van der Waals surface area contributed by atoms with Gasteiger partial charge in [-0.2, -0.15) is 18.3 Å². The van der Waals surface area contributed by atoms with Crippen LogP contribution in [0.15, 0.2) is 40.6 Å². The van der Waals surface area contributed by atoms with Crippen LogP contribution in [0.3, 0.4) is 0 Å². The Bertz CT molecular complexity index is 1160. The van der Waals surface area contributed by atoms with E-state index >= 15 is 0 Å². The van der Waals surface area contributed by atoms with Crippen molar-refractivity contribution in [2.24, 2.45) is 10.3 Å². The van der Waals surface area contributed by atoms with Gasteiger partial charge in [0.05, 0.1) is 33.1 Å². The quantitative estimate of drug-likeness (QED) is 0.145. The van der Waals surface area contributed by atoms with Gasteiger partial charge in [-0.25, -0.2) is 9.18 Å². The van der Waals surface area contributed by atoms with Crippen LogP contribution in [0, 0.1) is 5.82 Å². The molecule has 3 rings (SSSR count). The monoisotopic (exact) mass is 539 g/mol. The highest BCUT2D eigenvalue weighted by molar-refractivity contribution is 6.36. The number of nitrogens with zero attached hydrogens (tertiary/aromatic N) is 2. The van der Waals surface area contributed by atoms with Gasteiger partial charge in [0, 0.05) is 17.5 Å². The number of hydrogen-bond acceptors (Lipinski definition) is 6. The van der Waals surface area contributed by atoms with Gasteiger partial charge in [-0.05, 0) is 38.1 Å². The van der Waals surface area contributed by atoms with E-state index in [1.165, 1.54) is 25.1 Å². The molecule has 2 aromatic rings. The fraction of sp³-hybridized carbons (Fsp3) is 0.286. The molecule has 0 amide bonds. The van der Waals surface area contributed by atoms with Crippen molar-refractivity contribution in [2.75, 3.05) is 12.0 Å². The van der Waals surface area contributed by atoms with Crippen molar-refractivity contribution < 1.29 is 31.9 Å². The van der Waals surface area contributed by atoms with Crippen LogP contribution in [0.1, 0.15) is 31.4 Å². The van der Waals surface area contributed by atoms with Crippen LogP contribution in [0.2, 0.25) is 15.1 Å². The van der Waals surface area contributed by atoms with Gasteiger partial charge in [0.25, 0.3) is 5.60 Å². The third-order valence-electron chi connectivity index (χ3n) is 4.85. The maximum absolute atomic E-state index is 14.2. The average Bonchev–Trinajstić information content (AvgIpc) is 3.23. The number of ether oxygens (including phenoxy) is 1. The fourth-order valence-corrected chi connectivity index (χ4v) is 3.71. The second kappa shape index (κ2) is 9.97. The van der Waals surface area contributed by atoms with Crippen LogP contribution in [-0.4, -0.2) is 30.2 Å². The van der Waals surface area contributed by atoms with Crippen LogP contribution in [0.5, 0.6) is 0 Å². The van der Waals surface area contributed by atoms with Gasteiger partial charge in [0.1, 0.15) is 5.71 Å². The van der Waals surface area contributed by atoms with E-state index in [1.54, 1.807) is 6.92 Å². The number of carbonyl (C=O) groups is 1. The number of oxime groups is 1. The first-order valence-corrected chi connectivity index (χ1v) is 10.8. The molecule has 0 spiro atoms. The Balaban J connectivity index is 1.93. The molecule has 1 atom stereocenters. The van der Waals surface area contributed by atoms with Crippen molar-refractivity contribution in [2.45, 2.75) is 32.0 Å². The summed E-state index contributed by atoms with van der Waals surface area (Å²) in [7, 11) is 0. The van der Waals surface area contributed by atoms with Gasteiger partial charge in [-0.3, -0.25) is 5.43 Å². The lowest BCUT2D eigenvalue weighted by atomic mass is 9.86. The van der Waals surface area contributed by atoms with E-state index in [2.05, 4.69) is 15.7 Å². The Morgan fingerprint density at radius 3 is 2.44 bits per heavy atom. The molecular weight excluding hydrogens is 525 g/mol. The predicted molar refractivity (Wildman–Crippen MR) is 121 cm³/mol. The first-order valence-electron chi connectivity index (χ1n) is 9.63. The van der Waals surface area contributed by atoms with Gasteiger partial charge in [-0.15, -0.1) is 0 Å². The average molecular weight is 541 g/mol. The predicted octanol–water partition coefficient (Wildman–Crippen LogP) is 6.72. The van der Waals surface area contributed by atoms with E-state index in [-0.39, 0.29) is 34.3 Å². The zero-order valence-electron chi connectivity index (χ0n) is 17.6. The van der Waals surface area contributed by atoms with E-state index in [1.807, 2.05) is 0 Å².